The van der Waals surface area contributed by atoms with Crippen molar-refractivity contribution in [2.75, 3.05) is 12.3 Å². The van der Waals surface area contributed by atoms with Crippen molar-refractivity contribution < 1.29 is 0 Å². The first-order chi connectivity index (χ1) is 17.9. The fourth-order valence-electron chi connectivity index (χ4n) is 5.33. The minimum atomic E-state index is -0.378. The molecule has 4 atom stereocenters. The zero-order valence-corrected chi connectivity index (χ0v) is 22.0. The van der Waals surface area contributed by atoms with Crippen LogP contribution >= 0.6 is 15.8 Å². The molecule has 2 aliphatic heterocycles. The molecular weight excluding hydrogens is 478 g/mol. The van der Waals surface area contributed by atoms with Gasteiger partial charge in [0.15, 0.2) is 0 Å². The van der Waals surface area contributed by atoms with E-state index in [0.717, 1.165) is 0 Å². The number of nitrogens with one attached hydrogen (secondary N) is 4. The molecule has 0 radical (unpaired) electrons. The maximum atomic E-state index is 3.69. The fourth-order valence-corrected chi connectivity index (χ4v) is 12.0. The average Bonchev–Trinajstić information content (AvgIpc) is 3.58. The SMILES string of the molecule is c1ccc(C2NNC(c3ccccc3)P2CCP2C(c3ccccc3)NNC2c2ccccc2)cc1. The summed E-state index contributed by atoms with van der Waals surface area (Å²) in [5, 5.41) is 0. The summed E-state index contributed by atoms with van der Waals surface area (Å²) in [7, 11) is -0.756. The van der Waals surface area contributed by atoms with E-state index >= 15 is 0 Å². The average molecular weight is 511 g/mol. The molecule has 36 heavy (non-hydrogen) atoms. The molecule has 0 saturated carbocycles. The Morgan fingerprint density at radius 3 is 0.806 bits per heavy atom. The van der Waals surface area contributed by atoms with Gasteiger partial charge in [0.1, 0.15) is 0 Å². The summed E-state index contributed by atoms with van der Waals surface area (Å²) >= 11 is 0. The van der Waals surface area contributed by atoms with E-state index in [2.05, 4.69) is 143 Å². The molecule has 4 aromatic carbocycles. The van der Waals surface area contributed by atoms with Crippen LogP contribution in [0.5, 0.6) is 0 Å². The van der Waals surface area contributed by atoms with Gasteiger partial charge >= 0.3 is 0 Å². The van der Waals surface area contributed by atoms with Gasteiger partial charge in [-0.1, -0.05) is 137 Å². The second-order valence-electron chi connectivity index (χ2n) is 9.31. The molecule has 0 aliphatic carbocycles. The van der Waals surface area contributed by atoms with Gasteiger partial charge in [-0.2, -0.15) is 0 Å². The van der Waals surface area contributed by atoms with E-state index in [1.54, 1.807) is 0 Å². The number of hydrogen-bond donors (Lipinski definition) is 4. The van der Waals surface area contributed by atoms with E-state index in [0.29, 0.717) is 23.1 Å². The van der Waals surface area contributed by atoms with Crippen molar-refractivity contribution in [2.24, 2.45) is 0 Å². The first-order valence-corrected chi connectivity index (χ1v) is 15.9. The predicted molar refractivity (Wildman–Crippen MR) is 153 cm³/mol. The Bertz CT molecular complexity index is 1030. The lowest BCUT2D eigenvalue weighted by Gasteiger charge is -2.29. The lowest BCUT2D eigenvalue weighted by molar-refractivity contribution is 0.555. The van der Waals surface area contributed by atoms with Crippen molar-refractivity contribution in [3.8, 4) is 0 Å². The van der Waals surface area contributed by atoms with Crippen molar-refractivity contribution in [1.82, 2.24) is 21.7 Å². The van der Waals surface area contributed by atoms with Crippen LogP contribution in [0.1, 0.15) is 45.4 Å². The van der Waals surface area contributed by atoms with Gasteiger partial charge in [-0.3, -0.25) is 0 Å². The first-order valence-electron chi connectivity index (χ1n) is 12.6. The van der Waals surface area contributed by atoms with Crippen LogP contribution in [0, 0.1) is 0 Å². The number of hydrazine groups is 2. The van der Waals surface area contributed by atoms with E-state index in [-0.39, 0.29) is 15.8 Å². The highest BCUT2D eigenvalue weighted by molar-refractivity contribution is 7.62. The van der Waals surface area contributed by atoms with Crippen LogP contribution < -0.4 is 21.7 Å². The Morgan fingerprint density at radius 1 is 0.361 bits per heavy atom. The highest BCUT2D eigenvalue weighted by atomic mass is 31.1. The zero-order chi connectivity index (χ0) is 24.2. The normalized spacial score (nSPS) is 27.8. The summed E-state index contributed by atoms with van der Waals surface area (Å²) in [5.41, 5.74) is 20.3. The Hall–Kier alpha value is -2.42. The topological polar surface area (TPSA) is 48.1 Å². The second-order valence-corrected chi connectivity index (χ2v) is 14.3. The molecule has 0 bridgehead atoms. The van der Waals surface area contributed by atoms with Gasteiger partial charge in [0.25, 0.3) is 0 Å². The molecule has 2 aliphatic rings. The molecule has 0 aromatic heterocycles. The molecule has 4 aromatic rings. The van der Waals surface area contributed by atoms with Crippen LogP contribution in [-0.2, 0) is 0 Å². The summed E-state index contributed by atoms with van der Waals surface area (Å²) in [6, 6.07) is 43.9. The summed E-state index contributed by atoms with van der Waals surface area (Å²) in [6.07, 6.45) is 2.41. The van der Waals surface area contributed by atoms with Crippen LogP contribution in [0.25, 0.3) is 0 Å². The maximum absolute atomic E-state index is 3.69. The quantitative estimate of drug-likeness (QED) is 0.203. The van der Waals surface area contributed by atoms with E-state index < -0.39 is 0 Å². The minimum absolute atomic E-state index is 0.343. The van der Waals surface area contributed by atoms with Crippen LogP contribution in [-0.4, -0.2) is 12.3 Å². The van der Waals surface area contributed by atoms with E-state index in [1.165, 1.54) is 34.6 Å². The second kappa shape index (κ2) is 11.3. The standard InChI is InChI=1S/C30H32N4P2/c1-5-13-23(14-6-1)27-31-32-28(24-15-7-2-8-16-24)35(27)21-22-36-29(25-17-9-3-10-18-25)33-34-30(36)26-19-11-4-12-20-26/h1-20,27-34H,21-22H2. The number of benzene rings is 4. The third kappa shape index (κ3) is 5.04. The lowest BCUT2D eigenvalue weighted by Crippen LogP contribution is -2.26. The van der Waals surface area contributed by atoms with Crippen LogP contribution in [0.4, 0.5) is 0 Å². The molecule has 182 valence electrons. The molecule has 2 fully saturated rings. The molecule has 6 rings (SSSR count). The van der Waals surface area contributed by atoms with Crippen molar-refractivity contribution in [3.05, 3.63) is 144 Å². The molecule has 4 nitrogen and oxygen atoms in total. The Labute approximate surface area is 216 Å². The monoisotopic (exact) mass is 510 g/mol. The van der Waals surface area contributed by atoms with Crippen LogP contribution in [0.15, 0.2) is 121 Å². The number of rotatable bonds is 7. The largest absolute Gasteiger partial charge is 0.245 e. The molecule has 2 saturated heterocycles. The highest BCUT2D eigenvalue weighted by Gasteiger charge is 2.41. The molecule has 4 unspecified atom stereocenters. The van der Waals surface area contributed by atoms with Gasteiger partial charge in [0.05, 0.1) is 23.1 Å². The first kappa shape index (κ1) is 23.9. The minimum Gasteiger partial charge on any atom is -0.245 e. The van der Waals surface area contributed by atoms with Gasteiger partial charge in [-0.25, -0.2) is 21.7 Å². The Kier molecular flexibility index (Phi) is 7.53. The highest BCUT2D eigenvalue weighted by Crippen LogP contribution is 2.67. The van der Waals surface area contributed by atoms with Crippen LogP contribution in [0.2, 0.25) is 0 Å². The van der Waals surface area contributed by atoms with Gasteiger partial charge in [0, 0.05) is 0 Å². The smallest absolute Gasteiger partial charge is 0.0676 e. The molecule has 2 heterocycles. The zero-order valence-electron chi connectivity index (χ0n) is 20.2. The van der Waals surface area contributed by atoms with Gasteiger partial charge in [-0.05, 0) is 34.6 Å². The molecule has 0 spiro atoms. The van der Waals surface area contributed by atoms with Crippen molar-refractivity contribution >= 4 is 15.8 Å². The van der Waals surface area contributed by atoms with Gasteiger partial charge < -0.3 is 0 Å². The number of hydrogen-bond acceptors (Lipinski definition) is 4. The summed E-state index contributed by atoms with van der Waals surface area (Å²) < 4.78 is 0. The van der Waals surface area contributed by atoms with Crippen molar-refractivity contribution in [3.63, 3.8) is 0 Å². The molecular formula is C30H32N4P2. The maximum Gasteiger partial charge on any atom is 0.0676 e. The Morgan fingerprint density at radius 2 is 0.583 bits per heavy atom. The third-order valence-corrected chi connectivity index (χ3v) is 13.3. The van der Waals surface area contributed by atoms with Gasteiger partial charge in [0.2, 0.25) is 0 Å². The van der Waals surface area contributed by atoms with Crippen molar-refractivity contribution in [1.29, 1.82) is 0 Å². The van der Waals surface area contributed by atoms with Crippen LogP contribution in [0.3, 0.4) is 0 Å². The fraction of sp³-hybridized carbons (Fsp3) is 0.200. The van der Waals surface area contributed by atoms with Crippen molar-refractivity contribution in [2.45, 2.75) is 23.1 Å². The molecule has 6 heteroatoms. The summed E-state index contributed by atoms with van der Waals surface area (Å²) in [6.45, 7) is 0. The van der Waals surface area contributed by atoms with E-state index in [4.69, 9.17) is 0 Å². The van der Waals surface area contributed by atoms with E-state index in [9.17, 15) is 0 Å². The summed E-state index contributed by atoms with van der Waals surface area (Å²) in [4.78, 5) is 0. The Balaban J connectivity index is 1.30. The van der Waals surface area contributed by atoms with Gasteiger partial charge in [-0.15, -0.1) is 0 Å². The third-order valence-electron chi connectivity index (χ3n) is 7.12. The lowest BCUT2D eigenvalue weighted by atomic mass is 10.2. The predicted octanol–water partition coefficient (Wildman–Crippen LogP) is 6.96. The molecule has 4 N–H and O–H groups in total. The molecule has 0 amide bonds. The van der Waals surface area contributed by atoms with E-state index in [1.807, 2.05) is 0 Å². The summed E-state index contributed by atoms with van der Waals surface area (Å²) in [5.74, 6) is 1.37.